The normalized spacial score (nSPS) is 12.2. The van der Waals surface area contributed by atoms with Crippen LogP contribution in [-0.2, 0) is 11.2 Å². The summed E-state index contributed by atoms with van der Waals surface area (Å²) in [5.41, 5.74) is 0.545. The molecule has 0 fully saturated rings. The van der Waals surface area contributed by atoms with Gasteiger partial charge in [-0.2, -0.15) is 0 Å². The van der Waals surface area contributed by atoms with Gasteiger partial charge in [-0.3, -0.25) is 4.79 Å². The molecule has 1 N–H and O–H groups in total. The smallest absolute Gasteiger partial charge is 0.311 e. The van der Waals surface area contributed by atoms with Crippen LogP contribution in [0.3, 0.4) is 0 Å². The van der Waals surface area contributed by atoms with E-state index in [1.54, 1.807) is 0 Å². The van der Waals surface area contributed by atoms with Gasteiger partial charge >= 0.3 is 5.97 Å². The van der Waals surface area contributed by atoms with Gasteiger partial charge in [-0.05, 0) is 36.2 Å². The lowest BCUT2D eigenvalue weighted by Crippen LogP contribution is -2.15. The molecule has 0 aliphatic heterocycles. The van der Waals surface area contributed by atoms with Crippen molar-refractivity contribution in [2.45, 2.75) is 12.3 Å². The molecule has 0 aliphatic rings. The first-order valence-corrected chi connectivity index (χ1v) is 6.28. The molecule has 2 aromatic rings. The second kappa shape index (κ2) is 6.01. The van der Waals surface area contributed by atoms with E-state index in [0.717, 1.165) is 0 Å². The number of hydrogen-bond acceptors (Lipinski definition) is 1. The summed E-state index contributed by atoms with van der Waals surface area (Å²) < 4.78 is 26.6. The summed E-state index contributed by atoms with van der Waals surface area (Å²) in [5, 5.41) is 9.46. The molecular weight excluding hydrogens is 286 g/mol. The van der Waals surface area contributed by atoms with Crippen molar-refractivity contribution >= 4 is 17.6 Å². The van der Waals surface area contributed by atoms with Crippen molar-refractivity contribution in [3.05, 3.63) is 70.2 Å². The van der Waals surface area contributed by atoms with Gasteiger partial charge in [0.15, 0.2) is 0 Å². The fourth-order valence-corrected chi connectivity index (χ4v) is 2.21. The molecule has 0 aromatic heterocycles. The molecule has 2 aromatic carbocycles. The van der Waals surface area contributed by atoms with Gasteiger partial charge < -0.3 is 5.11 Å². The second-order valence-electron chi connectivity index (χ2n) is 4.35. The molecule has 0 saturated heterocycles. The molecule has 1 unspecified atom stereocenters. The lowest BCUT2D eigenvalue weighted by atomic mass is 9.92. The van der Waals surface area contributed by atoms with Crippen LogP contribution < -0.4 is 0 Å². The maximum absolute atomic E-state index is 13.7. The van der Waals surface area contributed by atoms with Crippen LogP contribution in [0.15, 0.2) is 42.5 Å². The molecule has 0 heterocycles. The van der Waals surface area contributed by atoms with Crippen molar-refractivity contribution in [1.29, 1.82) is 0 Å². The minimum atomic E-state index is -1.11. The Labute approximate surface area is 119 Å². The molecule has 2 nitrogen and oxygen atoms in total. The van der Waals surface area contributed by atoms with Crippen LogP contribution in [-0.4, -0.2) is 11.1 Å². The zero-order chi connectivity index (χ0) is 14.7. The average molecular weight is 297 g/mol. The highest BCUT2D eigenvalue weighted by atomic mass is 35.5. The van der Waals surface area contributed by atoms with Crippen molar-refractivity contribution < 1.29 is 18.7 Å². The van der Waals surface area contributed by atoms with Gasteiger partial charge in [0.25, 0.3) is 0 Å². The van der Waals surface area contributed by atoms with Crippen LogP contribution in [0, 0.1) is 11.6 Å². The van der Waals surface area contributed by atoms with Crippen LogP contribution in [0.25, 0.3) is 0 Å². The third kappa shape index (κ3) is 3.14. The summed E-state index contributed by atoms with van der Waals surface area (Å²) >= 11 is 5.90. The molecule has 5 heteroatoms. The molecule has 0 spiro atoms. The Balaban J connectivity index is 2.35. The van der Waals surface area contributed by atoms with Gasteiger partial charge in [0, 0.05) is 10.6 Å². The third-order valence-electron chi connectivity index (χ3n) is 3.04. The minimum Gasteiger partial charge on any atom is -0.481 e. The number of hydrogen-bond donors (Lipinski definition) is 1. The van der Waals surface area contributed by atoms with Crippen molar-refractivity contribution in [1.82, 2.24) is 0 Å². The predicted octanol–water partition coefficient (Wildman–Crippen LogP) is 4.03. The maximum atomic E-state index is 13.7. The Hall–Kier alpha value is -1.94. The van der Waals surface area contributed by atoms with E-state index >= 15 is 0 Å². The van der Waals surface area contributed by atoms with E-state index in [1.165, 1.54) is 42.5 Å². The molecule has 1 atom stereocenters. The van der Waals surface area contributed by atoms with E-state index in [0.29, 0.717) is 5.56 Å². The number of carboxylic acid groups (broad SMARTS) is 1. The van der Waals surface area contributed by atoms with Gasteiger partial charge in [-0.1, -0.05) is 29.8 Å². The first-order valence-electron chi connectivity index (χ1n) is 5.90. The number of benzene rings is 2. The van der Waals surface area contributed by atoms with E-state index in [1.807, 2.05) is 0 Å². The Morgan fingerprint density at radius 2 is 1.80 bits per heavy atom. The molecule has 0 saturated carbocycles. The predicted molar refractivity (Wildman–Crippen MR) is 71.9 cm³/mol. The maximum Gasteiger partial charge on any atom is 0.311 e. The van der Waals surface area contributed by atoms with Crippen LogP contribution in [0.1, 0.15) is 17.0 Å². The Morgan fingerprint density at radius 3 is 2.35 bits per heavy atom. The highest BCUT2D eigenvalue weighted by Crippen LogP contribution is 2.27. The summed E-state index contributed by atoms with van der Waals surface area (Å²) in [7, 11) is 0. The quantitative estimate of drug-likeness (QED) is 0.925. The molecule has 20 heavy (non-hydrogen) atoms. The van der Waals surface area contributed by atoms with Gasteiger partial charge in [-0.25, -0.2) is 8.78 Å². The third-order valence-corrected chi connectivity index (χ3v) is 3.39. The standard InChI is InChI=1S/C15H11ClF2O2/c16-13-2-1-3-14(18)12(13)8-11(15(19)20)9-4-6-10(17)7-5-9/h1-7,11H,8H2,(H,19,20). The number of aliphatic carboxylic acids is 1. The molecule has 0 aliphatic carbocycles. The number of carboxylic acids is 1. The highest BCUT2D eigenvalue weighted by molar-refractivity contribution is 6.31. The Kier molecular flexibility index (Phi) is 4.35. The van der Waals surface area contributed by atoms with E-state index in [9.17, 15) is 18.7 Å². The highest BCUT2D eigenvalue weighted by Gasteiger charge is 2.23. The van der Waals surface area contributed by atoms with Gasteiger partial charge in [0.2, 0.25) is 0 Å². The first kappa shape index (κ1) is 14.5. The fourth-order valence-electron chi connectivity index (χ4n) is 1.97. The molecule has 0 amide bonds. The molecule has 104 valence electrons. The fraction of sp³-hybridized carbons (Fsp3) is 0.133. The van der Waals surface area contributed by atoms with E-state index < -0.39 is 23.5 Å². The van der Waals surface area contributed by atoms with Crippen molar-refractivity contribution in [2.75, 3.05) is 0 Å². The van der Waals surface area contributed by atoms with Crippen molar-refractivity contribution in [3.63, 3.8) is 0 Å². The summed E-state index contributed by atoms with van der Waals surface area (Å²) in [6.07, 6.45) is -0.0908. The summed E-state index contributed by atoms with van der Waals surface area (Å²) in [6.45, 7) is 0. The zero-order valence-electron chi connectivity index (χ0n) is 10.3. The second-order valence-corrected chi connectivity index (χ2v) is 4.75. The SMILES string of the molecule is O=C(O)C(Cc1c(F)cccc1Cl)c1ccc(F)cc1. The largest absolute Gasteiger partial charge is 0.481 e. The molecular formula is C15H11ClF2O2. The van der Waals surface area contributed by atoms with Crippen LogP contribution >= 0.6 is 11.6 Å². The number of carbonyl (C=O) groups is 1. The lowest BCUT2D eigenvalue weighted by molar-refractivity contribution is -0.138. The van der Waals surface area contributed by atoms with E-state index in [4.69, 9.17) is 11.6 Å². The van der Waals surface area contributed by atoms with Crippen molar-refractivity contribution in [2.24, 2.45) is 0 Å². The molecule has 2 rings (SSSR count). The van der Waals surface area contributed by atoms with Crippen LogP contribution in [0.4, 0.5) is 8.78 Å². The van der Waals surface area contributed by atoms with Gasteiger partial charge in [-0.15, -0.1) is 0 Å². The van der Waals surface area contributed by atoms with Gasteiger partial charge in [0.1, 0.15) is 11.6 Å². The first-order chi connectivity index (χ1) is 9.49. The van der Waals surface area contributed by atoms with E-state index in [-0.39, 0.29) is 17.0 Å². The molecule has 0 bridgehead atoms. The molecule has 0 radical (unpaired) electrons. The van der Waals surface area contributed by atoms with Crippen molar-refractivity contribution in [3.8, 4) is 0 Å². The monoisotopic (exact) mass is 296 g/mol. The van der Waals surface area contributed by atoms with E-state index in [2.05, 4.69) is 0 Å². The van der Waals surface area contributed by atoms with Crippen LogP contribution in [0.2, 0.25) is 5.02 Å². The summed E-state index contributed by atoms with van der Waals surface area (Å²) in [5.74, 6) is -3.10. The topological polar surface area (TPSA) is 37.3 Å². The number of rotatable bonds is 4. The summed E-state index contributed by atoms with van der Waals surface area (Å²) in [4.78, 5) is 11.4. The van der Waals surface area contributed by atoms with Crippen LogP contribution in [0.5, 0.6) is 0 Å². The Bertz CT molecular complexity index is 606. The Morgan fingerprint density at radius 1 is 1.15 bits per heavy atom. The average Bonchev–Trinajstić information content (AvgIpc) is 2.39. The minimum absolute atomic E-state index is 0.0908. The summed E-state index contributed by atoms with van der Waals surface area (Å²) in [6, 6.07) is 9.29. The lowest BCUT2D eigenvalue weighted by Gasteiger charge is -2.14. The number of halogens is 3. The zero-order valence-corrected chi connectivity index (χ0v) is 11.1. The van der Waals surface area contributed by atoms with Gasteiger partial charge in [0.05, 0.1) is 5.92 Å².